The van der Waals surface area contributed by atoms with E-state index in [0.29, 0.717) is 0 Å². The summed E-state index contributed by atoms with van der Waals surface area (Å²) in [4.78, 5) is 2.40. The highest BCUT2D eigenvalue weighted by Gasteiger charge is 2.27. The highest BCUT2D eigenvalue weighted by Crippen LogP contribution is 2.40. The number of ether oxygens (including phenoxy) is 1. The Labute approximate surface area is 157 Å². The second-order valence-electron chi connectivity index (χ2n) is 5.77. The first-order chi connectivity index (χ1) is 13.2. The number of benzene rings is 2. The number of nitrogens with zero attached hydrogens (tertiary/aromatic N) is 2. The summed E-state index contributed by atoms with van der Waals surface area (Å²) < 4.78 is 65.2. The smallest absolute Gasteiger partial charge is 0.204 e. The Kier molecular flexibility index (Phi) is 4.94. The molecule has 0 saturated carbocycles. The van der Waals surface area contributed by atoms with Gasteiger partial charge in [-0.1, -0.05) is 5.16 Å². The average molecular weight is 412 g/mol. The fraction of sp³-hybridized carbons (Fsp3) is 0.118. The van der Waals surface area contributed by atoms with Gasteiger partial charge in [-0.3, -0.25) is 0 Å². The Bertz CT molecular complexity index is 1230. The van der Waals surface area contributed by atoms with E-state index in [1.807, 2.05) is 0 Å². The van der Waals surface area contributed by atoms with Gasteiger partial charge in [-0.05, 0) is 24.3 Å². The molecule has 3 rings (SSSR count). The van der Waals surface area contributed by atoms with E-state index < -0.39 is 38.8 Å². The summed E-state index contributed by atoms with van der Waals surface area (Å²) in [5.74, 6) is -4.79. The van der Waals surface area contributed by atoms with Gasteiger partial charge in [0.1, 0.15) is 16.5 Å². The van der Waals surface area contributed by atoms with Crippen LogP contribution in [0.25, 0.3) is 10.9 Å². The zero-order chi connectivity index (χ0) is 20.6. The molecule has 0 aliphatic rings. The van der Waals surface area contributed by atoms with E-state index in [1.54, 1.807) is 0 Å². The number of H-pyrrole nitrogens is 1. The van der Waals surface area contributed by atoms with Gasteiger partial charge in [0.15, 0.2) is 17.4 Å². The quantitative estimate of drug-likeness (QED) is 0.263. The number of nitrogens with one attached hydrogen (secondary N) is 1. The van der Waals surface area contributed by atoms with E-state index in [1.165, 1.54) is 25.6 Å². The SMILES string of the molecule is CN=S(C)(=O)c1c(Oc2ccc(F)c(/C(N)=N/O)c2)c(F)c(F)c2[nH]ccc12. The number of nitrogens with two attached hydrogens (primary N) is 1. The summed E-state index contributed by atoms with van der Waals surface area (Å²) in [5.41, 5.74) is 4.90. The number of amidine groups is 1. The number of aromatic amines is 1. The van der Waals surface area contributed by atoms with Crippen LogP contribution in [0.3, 0.4) is 0 Å². The van der Waals surface area contributed by atoms with Crippen LogP contribution in [0.15, 0.2) is 44.9 Å². The van der Waals surface area contributed by atoms with Crippen molar-refractivity contribution >= 4 is 26.5 Å². The number of rotatable bonds is 4. The molecule has 28 heavy (non-hydrogen) atoms. The zero-order valence-corrected chi connectivity index (χ0v) is 15.5. The Balaban J connectivity index is 2.29. The third-order valence-corrected chi connectivity index (χ3v) is 5.94. The van der Waals surface area contributed by atoms with Crippen molar-refractivity contribution in [1.82, 2.24) is 4.98 Å². The first kappa shape index (κ1) is 19.5. The molecule has 1 atom stereocenters. The van der Waals surface area contributed by atoms with Crippen LogP contribution in [-0.4, -0.2) is 33.5 Å². The van der Waals surface area contributed by atoms with Crippen molar-refractivity contribution in [2.24, 2.45) is 15.3 Å². The monoisotopic (exact) mass is 412 g/mol. The zero-order valence-electron chi connectivity index (χ0n) is 14.7. The van der Waals surface area contributed by atoms with Crippen molar-refractivity contribution in [2.75, 3.05) is 13.3 Å². The van der Waals surface area contributed by atoms with Crippen molar-refractivity contribution in [3.63, 3.8) is 0 Å². The van der Waals surface area contributed by atoms with Crippen LogP contribution in [0.5, 0.6) is 11.5 Å². The predicted octanol–water partition coefficient (Wildman–Crippen LogP) is 3.56. The third-order valence-electron chi connectivity index (χ3n) is 4.08. The molecule has 148 valence electrons. The Morgan fingerprint density at radius 1 is 1.25 bits per heavy atom. The lowest BCUT2D eigenvalue weighted by Gasteiger charge is -2.16. The maximum absolute atomic E-state index is 14.8. The highest BCUT2D eigenvalue weighted by atomic mass is 32.2. The summed E-state index contributed by atoms with van der Waals surface area (Å²) in [6.45, 7) is 0. The van der Waals surface area contributed by atoms with E-state index in [-0.39, 0.29) is 27.1 Å². The van der Waals surface area contributed by atoms with Crippen LogP contribution in [0.2, 0.25) is 0 Å². The second kappa shape index (κ2) is 7.08. The van der Waals surface area contributed by atoms with Crippen molar-refractivity contribution in [3.05, 3.63) is 53.5 Å². The van der Waals surface area contributed by atoms with Gasteiger partial charge in [-0.25, -0.2) is 17.4 Å². The van der Waals surface area contributed by atoms with E-state index >= 15 is 0 Å². The maximum atomic E-state index is 14.8. The minimum atomic E-state index is -3.16. The molecule has 0 amide bonds. The second-order valence-corrected chi connectivity index (χ2v) is 8.15. The largest absolute Gasteiger partial charge is 0.453 e. The predicted molar refractivity (Wildman–Crippen MR) is 97.9 cm³/mol. The number of aromatic nitrogens is 1. The van der Waals surface area contributed by atoms with Gasteiger partial charge in [0.05, 0.1) is 20.8 Å². The molecule has 1 aromatic heterocycles. The molecule has 0 radical (unpaired) electrons. The molecule has 3 aromatic rings. The minimum Gasteiger partial charge on any atom is -0.453 e. The molecule has 7 nitrogen and oxygen atoms in total. The standard InChI is InChI=1S/C17H15F3N4O3S/c1-22-28(2,26)16-9-5-6-23-14(9)12(19)13(20)15(16)27-8-3-4-11(18)10(7-8)17(21)24-25/h3-7,23,25H,1-2H3,(H2,21,24). The fourth-order valence-corrected chi connectivity index (χ4v) is 3.90. The molecule has 1 unspecified atom stereocenters. The summed E-state index contributed by atoms with van der Waals surface area (Å²) in [6.07, 6.45) is 2.62. The van der Waals surface area contributed by atoms with Crippen LogP contribution in [0, 0.1) is 17.5 Å². The molecule has 4 N–H and O–H groups in total. The molecular weight excluding hydrogens is 397 g/mol. The van der Waals surface area contributed by atoms with Crippen LogP contribution in [0.4, 0.5) is 13.2 Å². The number of hydrogen-bond acceptors (Lipinski definition) is 5. The average Bonchev–Trinajstić information content (AvgIpc) is 3.15. The highest BCUT2D eigenvalue weighted by molar-refractivity contribution is 7.93. The van der Waals surface area contributed by atoms with Gasteiger partial charge in [0, 0.05) is 24.9 Å². The van der Waals surface area contributed by atoms with Gasteiger partial charge < -0.3 is 20.7 Å². The normalized spacial score (nSPS) is 14.1. The number of halogens is 3. The molecule has 0 bridgehead atoms. The van der Waals surface area contributed by atoms with Crippen LogP contribution < -0.4 is 10.5 Å². The van der Waals surface area contributed by atoms with Gasteiger partial charge >= 0.3 is 0 Å². The Morgan fingerprint density at radius 3 is 2.61 bits per heavy atom. The van der Waals surface area contributed by atoms with Crippen LogP contribution in [0.1, 0.15) is 5.56 Å². The van der Waals surface area contributed by atoms with Crippen LogP contribution >= 0.6 is 0 Å². The topological polar surface area (TPSA) is 113 Å². The molecular formula is C17H15F3N4O3S. The first-order valence-electron chi connectivity index (χ1n) is 7.75. The lowest BCUT2D eigenvalue weighted by molar-refractivity contribution is 0.318. The molecule has 11 heteroatoms. The lowest BCUT2D eigenvalue weighted by Crippen LogP contribution is -2.15. The summed E-state index contributed by atoms with van der Waals surface area (Å²) in [6, 6.07) is 4.53. The van der Waals surface area contributed by atoms with Gasteiger partial charge in [0.25, 0.3) is 0 Å². The molecule has 0 fully saturated rings. The number of fused-ring (bicyclic) bond motifs is 1. The van der Waals surface area contributed by atoms with Gasteiger partial charge in [-0.15, -0.1) is 0 Å². The molecule has 0 aliphatic heterocycles. The fourth-order valence-electron chi connectivity index (χ4n) is 2.67. The molecule has 0 aliphatic carbocycles. The van der Waals surface area contributed by atoms with Gasteiger partial charge in [-0.2, -0.15) is 4.39 Å². The summed E-state index contributed by atoms with van der Waals surface area (Å²) in [7, 11) is -1.89. The third kappa shape index (κ3) is 3.13. The summed E-state index contributed by atoms with van der Waals surface area (Å²) >= 11 is 0. The van der Waals surface area contributed by atoms with E-state index in [4.69, 9.17) is 15.7 Å². The Hall–Kier alpha value is -3.21. The molecule has 0 saturated heterocycles. The Morgan fingerprint density at radius 2 is 1.96 bits per heavy atom. The number of hydrogen-bond donors (Lipinski definition) is 3. The molecule has 0 spiro atoms. The minimum absolute atomic E-state index is 0.130. The van der Waals surface area contributed by atoms with E-state index in [9.17, 15) is 17.4 Å². The van der Waals surface area contributed by atoms with Gasteiger partial charge in [0.2, 0.25) is 5.82 Å². The van der Waals surface area contributed by atoms with Crippen LogP contribution in [-0.2, 0) is 9.73 Å². The van der Waals surface area contributed by atoms with Crippen molar-refractivity contribution in [2.45, 2.75) is 4.90 Å². The lowest BCUT2D eigenvalue weighted by atomic mass is 10.2. The molecule has 1 heterocycles. The van der Waals surface area contributed by atoms with Crippen molar-refractivity contribution in [3.8, 4) is 11.5 Å². The van der Waals surface area contributed by atoms with Crippen molar-refractivity contribution in [1.29, 1.82) is 0 Å². The molecule has 2 aromatic carbocycles. The van der Waals surface area contributed by atoms with E-state index in [2.05, 4.69) is 14.5 Å². The van der Waals surface area contributed by atoms with E-state index in [0.717, 1.165) is 18.2 Å². The first-order valence-corrected chi connectivity index (χ1v) is 9.67. The summed E-state index contributed by atoms with van der Waals surface area (Å²) in [5, 5.41) is 11.6. The number of oxime groups is 1. The maximum Gasteiger partial charge on any atom is 0.204 e. The van der Waals surface area contributed by atoms with Crippen molar-refractivity contribution < 1.29 is 27.3 Å².